The third-order valence-electron chi connectivity index (χ3n) is 4.13. The largest absolute Gasteiger partial charge is 0.455 e. The maximum Gasteiger partial charge on any atom is 0.243 e. The molecule has 0 saturated heterocycles. The summed E-state index contributed by atoms with van der Waals surface area (Å²) in [7, 11) is -3.65. The van der Waals surface area contributed by atoms with Crippen molar-refractivity contribution in [2.75, 3.05) is 18.4 Å². The van der Waals surface area contributed by atoms with Gasteiger partial charge in [0.1, 0.15) is 5.75 Å². The average molecular weight is 405 g/mol. The molecular weight excluding hydrogens is 376 g/mol. The van der Waals surface area contributed by atoms with Crippen molar-refractivity contribution in [3.05, 3.63) is 48.5 Å². The molecule has 0 radical (unpaired) electrons. The van der Waals surface area contributed by atoms with E-state index >= 15 is 0 Å². The van der Waals surface area contributed by atoms with E-state index in [0.29, 0.717) is 36.7 Å². The van der Waals surface area contributed by atoms with Crippen molar-refractivity contribution in [3.63, 3.8) is 0 Å². The van der Waals surface area contributed by atoms with Gasteiger partial charge in [0.05, 0.1) is 10.6 Å². The molecule has 6 nitrogen and oxygen atoms in total. The van der Waals surface area contributed by atoms with Crippen molar-refractivity contribution in [2.24, 2.45) is 5.92 Å². The predicted octanol–water partition coefficient (Wildman–Crippen LogP) is 4.49. The zero-order valence-corrected chi connectivity index (χ0v) is 17.6. The lowest BCUT2D eigenvalue weighted by molar-refractivity contribution is -0.116. The molecule has 0 atom stereocenters. The fraction of sp³-hybridized carbons (Fsp3) is 0.381. The van der Waals surface area contributed by atoms with Crippen molar-refractivity contribution in [1.29, 1.82) is 0 Å². The quantitative estimate of drug-likeness (QED) is 0.668. The molecule has 2 aromatic carbocycles. The van der Waals surface area contributed by atoms with Gasteiger partial charge in [-0.25, -0.2) is 8.42 Å². The summed E-state index contributed by atoms with van der Waals surface area (Å²) in [6.45, 7) is 8.22. The molecule has 0 aromatic heterocycles. The minimum absolute atomic E-state index is 0.122. The molecule has 0 fully saturated rings. The van der Waals surface area contributed by atoms with Crippen LogP contribution < -0.4 is 10.1 Å². The molecule has 0 spiro atoms. The number of carbonyl (C=O) groups excluding carboxylic acids is 1. The van der Waals surface area contributed by atoms with E-state index in [-0.39, 0.29) is 16.7 Å². The fourth-order valence-corrected chi connectivity index (χ4v) is 4.24. The number of ether oxygens (including phenoxy) is 1. The van der Waals surface area contributed by atoms with Gasteiger partial charge in [-0.15, -0.1) is 0 Å². The highest BCUT2D eigenvalue weighted by molar-refractivity contribution is 7.89. The van der Waals surface area contributed by atoms with Crippen LogP contribution in [-0.4, -0.2) is 31.7 Å². The molecule has 0 aliphatic carbocycles. The molecule has 0 aliphatic rings. The van der Waals surface area contributed by atoms with E-state index in [1.807, 2.05) is 32.0 Å². The summed E-state index contributed by atoms with van der Waals surface area (Å²) in [6, 6.07) is 13.7. The Morgan fingerprint density at radius 1 is 1.07 bits per heavy atom. The number of sulfonamides is 1. The minimum Gasteiger partial charge on any atom is -0.455 e. The maximum absolute atomic E-state index is 12.9. The first-order chi connectivity index (χ1) is 13.3. The number of hydrogen-bond donors (Lipinski definition) is 1. The Balaban J connectivity index is 2.43. The Bertz CT molecular complexity index is 892. The number of anilines is 1. The van der Waals surface area contributed by atoms with E-state index < -0.39 is 10.0 Å². The highest BCUT2D eigenvalue weighted by atomic mass is 32.2. The summed E-state index contributed by atoms with van der Waals surface area (Å²) >= 11 is 0. The number of para-hydroxylation sites is 1. The second-order valence-corrected chi connectivity index (χ2v) is 8.75. The highest BCUT2D eigenvalue weighted by Gasteiger charge is 2.23. The van der Waals surface area contributed by atoms with Crippen LogP contribution in [0.3, 0.4) is 0 Å². The summed E-state index contributed by atoms with van der Waals surface area (Å²) in [5.41, 5.74) is 0.336. The fourth-order valence-electron chi connectivity index (χ4n) is 2.76. The summed E-state index contributed by atoms with van der Waals surface area (Å²) in [4.78, 5) is 12.4. The molecule has 2 rings (SSSR count). The molecule has 2 aromatic rings. The van der Waals surface area contributed by atoms with E-state index in [1.165, 1.54) is 16.4 Å². The third-order valence-corrected chi connectivity index (χ3v) is 6.18. The van der Waals surface area contributed by atoms with Gasteiger partial charge < -0.3 is 10.1 Å². The van der Waals surface area contributed by atoms with Crippen LogP contribution in [-0.2, 0) is 14.8 Å². The lowest BCUT2D eigenvalue weighted by atomic mass is 10.1. The first-order valence-electron chi connectivity index (χ1n) is 9.44. The summed E-state index contributed by atoms with van der Waals surface area (Å²) in [5, 5.41) is 2.80. The van der Waals surface area contributed by atoms with Gasteiger partial charge in [-0.1, -0.05) is 45.9 Å². The molecule has 0 saturated carbocycles. The predicted molar refractivity (Wildman–Crippen MR) is 111 cm³/mol. The van der Waals surface area contributed by atoms with Crippen molar-refractivity contribution < 1.29 is 17.9 Å². The van der Waals surface area contributed by atoms with Crippen LogP contribution in [0.2, 0.25) is 0 Å². The summed E-state index contributed by atoms with van der Waals surface area (Å²) in [6.07, 6.45) is 0.331. The van der Waals surface area contributed by atoms with Crippen LogP contribution in [0.1, 0.15) is 34.1 Å². The first kappa shape index (κ1) is 21.9. The number of amides is 1. The minimum atomic E-state index is -3.65. The van der Waals surface area contributed by atoms with Gasteiger partial charge in [-0.3, -0.25) is 4.79 Å². The number of hydrogen-bond acceptors (Lipinski definition) is 4. The molecule has 0 bridgehead atoms. The summed E-state index contributed by atoms with van der Waals surface area (Å²) in [5.74, 6) is 0.981. The standard InChI is InChI=1S/C21H28N2O4S/c1-5-23(6-2)28(25,26)18-12-13-20(27-17-10-8-7-9-11-17)19(15-18)22-21(24)14-16(3)4/h7-13,15-16H,5-6,14H2,1-4H3,(H,22,24). The second kappa shape index (κ2) is 9.71. The molecule has 28 heavy (non-hydrogen) atoms. The van der Waals surface area contributed by atoms with Crippen LogP contribution in [0.5, 0.6) is 11.5 Å². The van der Waals surface area contributed by atoms with E-state index in [9.17, 15) is 13.2 Å². The van der Waals surface area contributed by atoms with Crippen molar-refractivity contribution in [3.8, 4) is 11.5 Å². The zero-order chi connectivity index (χ0) is 20.7. The Morgan fingerprint density at radius 3 is 2.29 bits per heavy atom. The van der Waals surface area contributed by atoms with E-state index in [0.717, 1.165) is 0 Å². The Kier molecular flexibility index (Phi) is 7.60. The second-order valence-electron chi connectivity index (χ2n) is 6.81. The summed E-state index contributed by atoms with van der Waals surface area (Å²) < 4.78 is 33.0. The Labute approximate surface area is 167 Å². The average Bonchev–Trinajstić information content (AvgIpc) is 2.64. The number of rotatable bonds is 9. The van der Waals surface area contributed by atoms with Gasteiger partial charge >= 0.3 is 0 Å². The Hall–Kier alpha value is -2.38. The molecule has 1 amide bonds. The topological polar surface area (TPSA) is 75.7 Å². The highest BCUT2D eigenvalue weighted by Crippen LogP contribution is 2.33. The first-order valence-corrected chi connectivity index (χ1v) is 10.9. The molecule has 1 N–H and O–H groups in total. The van der Waals surface area contributed by atoms with Gasteiger partial charge in [0, 0.05) is 19.5 Å². The monoisotopic (exact) mass is 404 g/mol. The molecular formula is C21H28N2O4S. The lowest BCUT2D eigenvalue weighted by Gasteiger charge is -2.20. The molecule has 152 valence electrons. The van der Waals surface area contributed by atoms with Crippen LogP contribution in [0, 0.1) is 5.92 Å². The van der Waals surface area contributed by atoms with Gasteiger partial charge in [0.2, 0.25) is 15.9 Å². The van der Waals surface area contributed by atoms with Crippen molar-refractivity contribution in [2.45, 2.75) is 39.0 Å². The van der Waals surface area contributed by atoms with Crippen LogP contribution in [0.4, 0.5) is 5.69 Å². The number of nitrogens with zero attached hydrogens (tertiary/aromatic N) is 1. The molecule has 7 heteroatoms. The number of benzene rings is 2. The van der Waals surface area contributed by atoms with Gasteiger partial charge in [-0.2, -0.15) is 4.31 Å². The van der Waals surface area contributed by atoms with Crippen LogP contribution in [0.15, 0.2) is 53.4 Å². The van der Waals surface area contributed by atoms with E-state index in [1.54, 1.807) is 32.0 Å². The SMILES string of the molecule is CCN(CC)S(=O)(=O)c1ccc(Oc2ccccc2)c(NC(=O)CC(C)C)c1. The van der Waals surface area contributed by atoms with Crippen molar-refractivity contribution in [1.82, 2.24) is 4.31 Å². The van der Waals surface area contributed by atoms with Gasteiger partial charge in [-0.05, 0) is 36.2 Å². The number of nitrogens with one attached hydrogen (secondary N) is 1. The van der Waals surface area contributed by atoms with Crippen LogP contribution >= 0.6 is 0 Å². The molecule has 0 unspecified atom stereocenters. The number of carbonyl (C=O) groups is 1. The van der Waals surface area contributed by atoms with E-state index in [2.05, 4.69) is 5.32 Å². The smallest absolute Gasteiger partial charge is 0.243 e. The van der Waals surface area contributed by atoms with Gasteiger partial charge in [0.15, 0.2) is 5.75 Å². The van der Waals surface area contributed by atoms with E-state index in [4.69, 9.17) is 4.74 Å². The molecule has 0 aliphatic heterocycles. The van der Waals surface area contributed by atoms with Gasteiger partial charge in [0.25, 0.3) is 0 Å². The van der Waals surface area contributed by atoms with Crippen molar-refractivity contribution >= 4 is 21.6 Å². The molecule has 0 heterocycles. The van der Waals surface area contributed by atoms with Crippen LogP contribution in [0.25, 0.3) is 0 Å². The zero-order valence-electron chi connectivity index (χ0n) is 16.8. The lowest BCUT2D eigenvalue weighted by Crippen LogP contribution is -2.30. The maximum atomic E-state index is 12.9. The normalized spacial score (nSPS) is 11.6. The third kappa shape index (κ3) is 5.56. The Morgan fingerprint density at radius 2 is 1.71 bits per heavy atom.